The zero-order chi connectivity index (χ0) is 13.8. The predicted molar refractivity (Wildman–Crippen MR) is 68.2 cm³/mol. The van der Waals surface area contributed by atoms with Gasteiger partial charge in [0.25, 0.3) is 5.91 Å². The lowest BCUT2D eigenvalue weighted by molar-refractivity contribution is -0.0175. The van der Waals surface area contributed by atoms with Gasteiger partial charge in [0, 0.05) is 19.6 Å². The maximum atomic E-state index is 13.0. The van der Waals surface area contributed by atoms with Crippen LogP contribution in [0.1, 0.15) is 10.4 Å². The van der Waals surface area contributed by atoms with E-state index in [-0.39, 0.29) is 17.5 Å². The molecule has 1 saturated heterocycles. The quantitative estimate of drug-likeness (QED) is 0.798. The Hall–Kier alpha value is -1.73. The van der Waals surface area contributed by atoms with Crippen LogP contribution in [0.2, 0.25) is 0 Å². The lowest BCUT2D eigenvalue weighted by atomic mass is 10.2. The summed E-state index contributed by atoms with van der Waals surface area (Å²) < 4.78 is 18.5. The van der Waals surface area contributed by atoms with Crippen LogP contribution in [0.25, 0.3) is 0 Å². The lowest BCUT2D eigenvalue weighted by Crippen LogP contribution is -2.46. The van der Waals surface area contributed by atoms with E-state index in [1.54, 1.807) is 0 Å². The minimum atomic E-state index is -0.590. The molecule has 1 amide bonds. The third-order valence-electron chi connectivity index (χ3n) is 2.96. The van der Waals surface area contributed by atoms with Crippen LogP contribution >= 0.6 is 0 Å². The summed E-state index contributed by atoms with van der Waals surface area (Å²) in [6, 6.07) is 1.07. The molecule has 104 valence electrons. The van der Waals surface area contributed by atoms with Crippen molar-refractivity contribution >= 4 is 11.7 Å². The standard InChI is InChI=1S/C12H17FN4O2/c1-17-2-3-19-9(7-17)6-16-12(18)10-4-8(13)5-15-11(10)14/h4-5,9H,2-3,6-7H2,1H3,(H2,14,15)(H,16,18). The number of hydrogen-bond acceptors (Lipinski definition) is 5. The molecular weight excluding hydrogens is 251 g/mol. The van der Waals surface area contributed by atoms with E-state index in [1.165, 1.54) is 0 Å². The SMILES string of the molecule is CN1CCOC(CNC(=O)c2cc(F)cnc2N)C1. The van der Waals surface area contributed by atoms with Gasteiger partial charge >= 0.3 is 0 Å². The highest BCUT2D eigenvalue weighted by Gasteiger charge is 2.19. The molecule has 0 bridgehead atoms. The van der Waals surface area contributed by atoms with Gasteiger partial charge < -0.3 is 20.7 Å². The van der Waals surface area contributed by atoms with Crippen LogP contribution in [0, 0.1) is 5.82 Å². The number of carbonyl (C=O) groups is 1. The minimum absolute atomic E-state index is 0.0144. The van der Waals surface area contributed by atoms with Crippen LogP contribution in [-0.2, 0) is 4.74 Å². The molecule has 1 atom stereocenters. The smallest absolute Gasteiger partial charge is 0.255 e. The molecule has 0 saturated carbocycles. The second-order valence-corrected chi connectivity index (χ2v) is 4.55. The monoisotopic (exact) mass is 268 g/mol. The number of amides is 1. The third kappa shape index (κ3) is 3.62. The summed E-state index contributed by atoms with van der Waals surface area (Å²) in [5.74, 6) is -1.02. The van der Waals surface area contributed by atoms with Crippen molar-refractivity contribution in [2.24, 2.45) is 0 Å². The molecule has 19 heavy (non-hydrogen) atoms. The fraction of sp³-hybridized carbons (Fsp3) is 0.500. The van der Waals surface area contributed by atoms with E-state index in [0.717, 1.165) is 25.4 Å². The normalized spacial score (nSPS) is 20.2. The van der Waals surface area contributed by atoms with E-state index >= 15 is 0 Å². The molecule has 2 heterocycles. The Labute approximate surface area is 110 Å². The van der Waals surface area contributed by atoms with Crippen LogP contribution in [-0.4, -0.2) is 55.2 Å². The molecule has 2 rings (SSSR count). The Morgan fingerprint density at radius 2 is 2.53 bits per heavy atom. The molecular formula is C12H17FN4O2. The van der Waals surface area contributed by atoms with Gasteiger partial charge in [0.1, 0.15) is 11.6 Å². The first-order valence-electron chi connectivity index (χ1n) is 6.05. The van der Waals surface area contributed by atoms with Gasteiger partial charge in [0.05, 0.1) is 24.5 Å². The number of halogens is 1. The van der Waals surface area contributed by atoms with Crippen LogP contribution in [0.5, 0.6) is 0 Å². The maximum absolute atomic E-state index is 13.0. The van der Waals surface area contributed by atoms with E-state index in [2.05, 4.69) is 15.2 Å². The van der Waals surface area contributed by atoms with Gasteiger partial charge in [-0.15, -0.1) is 0 Å². The largest absolute Gasteiger partial charge is 0.383 e. The second-order valence-electron chi connectivity index (χ2n) is 4.55. The number of nitrogen functional groups attached to an aromatic ring is 1. The second kappa shape index (κ2) is 5.94. The number of rotatable bonds is 3. The van der Waals surface area contributed by atoms with Crippen molar-refractivity contribution in [3.8, 4) is 0 Å². The summed E-state index contributed by atoms with van der Waals surface area (Å²) in [5, 5.41) is 2.68. The Morgan fingerprint density at radius 3 is 3.26 bits per heavy atom. The van der Waals surface area contributed by atoms with E-state index in [4.69, 9.17) is 10.5 Å². The number of pyridine rings is 1. The van der Waals surface area contributed by atoms with E-state index in [1.807, 2.05) is 7.05 Å². The highest BCUT2D eigenvalue weighted by Crippen LogP contribution is 2.10. The molecule has 0 radical (unpaired) electrons. The number of likely N-dealkylation sites (N-methyl/N-ethyl adjacent to an activating group) is 1. The van der Waals surface area contributed by atoms with Crippen molar-refractivity contribution < 1.29 is 13.9 Å². The number of anilines is 1. The molecule has 6 nitrogen and oxygen atoms in total. The number of morpholine rings is 1. The topological polar surface area (TPSA) is 80.5 Å². The molecule has 7 heteroatoms. The molecule has 1 aromatic heterocycles. The summed E-state index contributed by atoms with van der Waals surface area (Å²) in [4.78, 5) is 17.6. The van der Waals surface area contributed by atoms with Gasteiger partial charge in [-0.1, -0.05) is 0 Å². The molecule has 3 N–H and O–H groups in total. The number of nitrogens with one attached hydrogen (secondary N) is 1. The van der Waals surface area contributed by atoms with Gasteiger partial charge in [-0.2, -0.15) is 0 Å². The highest BCUT2D eigenvalue weighted by molar-refractivity contribution is 5.98. The van der Waals surface area contributed by atoms with Gasteiger partial charge in [0.15, 0.2) is 0 Å². The van der Waals surface area contributed by atoms with Crippen molar-refractivity contribution in [1.29, 1.82) is 0 Å². The predicted octanol–water partition coefficient (Wildman–Crippen LogP) is -0.137. The highest BCUT2D eigenvalue weighted by atomic mass is 19.1. The summed E-state index contributed by atoms with van der Waals surface area (Å²) in [7, 11) is 1.99. The van der Waals surface area contributed by atoms with Gasteiger partial charge in [0.2, 0.25) is 0 Å². The van der Waals surface area contributed by atoms with Crippen molar-refractivity contribution in [3.05, 3.63) is 23.6 Å². The summed E-state index contributed by atoms with van der Waals surface area (Å²) >= 11 is 0. The summed E-state index contributed by atoms with van der Waals surface area (Å²) in [6.07, 6.45) is 0.913. The van der Waals surface area contributed by atoms with E-state index in [0.29, 0.717) is 13.2 Å². The first kappa shape index (κ1) is 13.7. The van der Waals surface area contributed by atoms with Crippen molar-refractivity contribution in [2.45, 2.75) is 6.10 Å². The van der Waals surface area contributed by atoms with E-state index < -0.39 is 11.7 Å². The molecule has 1 fully saturated rings. The average molecular weight is 268 g/mol. The third-order valence-corrected chi connectivity index (χ3v) is 2.96. The zero-order valence-electron chi connectivity index (χ0n) is 10.7. The Balaban J connectivity index is 1.92. The molecule has 0 spiro atoms. The average Bonchev–Trinajstić information content (AvgIpc) is 2.39. The maximum Gasteiger partial charge on any atom is 0.255 e. The van der Waals surface area contributed by atoms with Crippen LogP contribution < -0.4 is 11.1 Å². The molecule has 1 unspecified atom stereocenters. The van der Waals surface area contributed by atoms with Crippen LogP contribution in [0.3, 0.4) is 0 Å². The fourth-order valence-corrected chi connectivity index (χ4v) is 1.92. The van der Waals surface area contributed by atoms with Crippen LogP contribution in [0.4, 0.5) is 10.2 Å². The molecule has 1 aliphatic rings. The Morgan fingerprint density at radius 1 is 1.74 bits per heavy atom. The molecule has 0 aliphatic carbocycles. The first-order chi connectivity index (χ1) is 9.06. The number of ether oxygens (including phenoxy) is 1. The van der Waals surface area contributed by atoms with Gasteiger partial charge in [-0.05, 0) is 13.1 Å². The van der Waals surface area contributed by atoms with E-state index in [9.17, 15) is 9.18 Å². The zero-order valence-corrected chi connectivity index (χ0v) is 10.7. The molecule has 0 aromatic carbocycles. The van der Waals surface area contributed by atoms with Gasteiger partial charge in [-0.3, -0.25) is 4.79 Å². The van der Waals surface area contributed by atoms with Gasteiger partial charge in [-0.25, -0.2) is 9.37 Å². The number of hydrogen-bond donors (Lipinski definition) is 2. The molecule has 1 aliphatic heterocycles. The first-order valence-corrected chi connectivity index (χ1v) is 6.05. The summed E-state index contributed by atoms with van der Waals surface area (Å²) in [6.45, 7) is 2.63. The Kier molecular flexibility index (Phi) is 4.28. The lowest BCUT2D eigenvalue weighted by Gasteiger charge is -2.30. The van der Waals surface area contributed by atoms with Crippen molar-refractivity contribution in [2.75, 3.05) is 39.0 Å². The van der Waals surface area contributed by atoms with Crippen molar-refractivity contribution in [1.82, 2.24) is 15.2 Å². The number of aromatic nitrogens is 1. The summed E-state index contributed by atoms with van der Waals surface area (Å²) in [5.41, 5.74) is 5.59. The number of carbonyl (C=O) groups excluding carboxylic acids is 1. The van der Waals surface area contributed by atoms with Crippen molar-refractivity contribution in [3.63, 3.8) is 0 Å². The number of nitrogens with zero attached hydrogens (tertiary/aromatic N) is 2. The number of nitrogens with two attached hydrogens (primary N) is 1. The Bertz CT molecular complexity index is 469. The fourth-order valence-electron chi connectivity index (χ4n) is 1.92. The molecule has 1 aromatic rings. The van der Waals surface area contributed by atoms with Crippen LogP contribution in [0.15, 0.2) is 12.3 Å². The minimum Gasteiger partial charge on any atom is -0.383 e.